The molecule has 0 atom stereocenters. The molecule has 0 N–H and O–H groups in total. The molecule has 0 unspecified atom stereocenters. The number of rotatable bonds is 6. The van der Waals surface area contributed by atoms with Crippen molar-refractivity contribution in [2.75, 3.05) is 0 Å². The molecule has 0 saturated heterocycles. The van der Waals surface area contributed by atoms with E-state index in [1.54, 1.807) is 98.8 Å². The van der Waals surface area contributed by atoms with E-state index in [1.807, 2.05) is 0 Å². The van der Waals surface area contributed by atoms with Crippen molar-refractivity contribution in [1.82, 2.24) is 0 Å². The third-order valence-electron chi connectivity index (χ3n) is 5.70. The summed E-state index contributed by atoms with van der Waals surface area (Å²) in [6, 6.07) is 26.5. The first-order valence-corrected chi connectivity index (χ1v) is 11.2. The molecule has 0 heterocycles. The molecule has 4 aromatic carbocycles. The molecule has 0 aliphatic rings. The number of carbonyl (C=O) groups is 4. The highest BCUT2D eigenvalue weighted by Gasteiger charge is 2.26. The van der Waals surface area contributed by atoms with Gasteiger partial charge in [0.1, 0.15) is 0 Å². The van der Waals surface area contributed by atoms with E-state index in [9.17, 15) is 19.2 Å². The molecule has 178 valence electrons. The van der Waals surface area contributed by atoms with Crippen LogP contribution in [0, 0.1) is 13.8 Å². The minimum Gasteiger partial charge on any atom is -0.289 e. The summed E-state index contributed by atoms with van der Waals surface area (Å²) in [5.41, 5.74) is 2.17. The molecule has 6 heteroatoms. The van der Waals surface area contributed by atoms with Crippen molar-refractivity contribution in [3.8, 4) is 0 Å². The lowest BCUT2D eigenvalue weighted by molar-refractivity contribution is -0.187. The van der Waals surface area contributed by atoms with E-state index in [4.69, 9.17) is 9.78 Å². The van der Waals surface area contributed by atoms with E-state index in [0.717, 1.165) is 0 Å². The first kappa shape index (κ1) is 24.3. The average molecular weight is 479 g/mol. The van der Waals surface area contributed by atoms with Crippen LogP contribution >= 0.6 is 0 Å². The van der Waals surface area contributed by atoms with Crippen molar-refractivity contribution in [2.45, 2.75) is 13.8 Å². The molecular formula is C30H22O6. The second-order valence-corrected chi connectivity index (χ2v) is 8.13. The highest BCUT2D eigenvalue weighted by molar-refractivity contribution is 6.16. The van der Waals surface area contributed by atoms with Gasteiger partial charge < -0.3 is 0 Å². The minimum absolute atomic E-state index is 0.0403. The van der Waals surface area contributed by atoms with Crippen molar-refractivity contribution in [3.05, 3.63) is 142 Å². The Balaban J connectivity index is 1.58. The Kier molecular flexibility index (Phi) is 7.16. The van der Waals surface area contributed by atoms with Crippen LogP contribution < -0.4 is 0 Å². The van der Waals surface area contributed by atoms with Gasteiger partial charge in [0.05, 0.1) is 11.1 Å². The number of benzene rings is 4. The van der Waals surface area contributed by atoms with Gasteiger partial charge in [0.15, 0.2) is 11.6 Å². The van der Waals surface area contributed by atoms with Gasteiger partial charge in [-0.1, -0.05) is 84.9 Å². The zero-order chi connectivity index (χ0) is 25.7. The SMILES string of the molecule is Cc1cccc(C(=O)OOC(=O)c2cccc(C)c2C(=O)c2ccccc2)c1C(=O)c1ccccc1. The maximum atomic E-state index is 13.1. The first-order valence-electron chi connectivity index (χ1n) is 11.2. The fourth-order valence-corrected chi connectivity index (χ4v) is 3.91. The van der Waals surface area contributed by atoms with Crippen LogP contribution in [0.2, 0.25) is 0 Å². The van der Waals surface area contributed by atoms with Crippen molar-refractivity contribution in [3.63, 3.8) is 0 Å². The summed E-state index contributed by atoms with van der Waals surface area (Å²) in [6.45, 7) is 3.40. The second kappa shape index (κ2) is 10.6. The molecular weight excluding hydrogens is 456 g/mol. The minimum atomic E-state index is -1.00. The van der Waals surface area contributed by atoms with E-state index >= 15 is 0 Å². The Bertz CT molecular complexity index is 1340. The van der Waals surface area contributed by atoms with Crippen LogP contribution in [0.4, 0.5) is 0 Å². The summed E-state index contributed by atoms with van der Waals surface area (Å²) in [6.07, 6.45) is 0. The zero-order valence-corrected chi connectivity index (χ0v) is 19.7. The zero-order valence-electron chi connectivity index (χ0n) is 19.7. The van der Waals surface area contributed by atoms with Crippen LogP contribution in [0.3, 0.4) is 0 Å². The van der Waals surface area contributed by atoms with Gasteiger partial charge in [-0.3, -0.25) is 9.59 Å². The molecule has 0 spiro atoms. The topological polar surface area (TPSA) is 86.7 Å². The van der Waals surface area contributed by atoms with Crippen LogP contribution in [0.1, 0.15) is 63.7 Å². The van der Waals surface area contributed by atoms with E-state index in [0.29, 0.717) is 22.3 Å². The highest BCUT2D eigenvalue weighted by atomic mass is 17.2. The fraction of sp³-hybridized carbons (Fsp3) is 0.0667. The van der Waals surface area contributed by atoms with Gasteiger partial charge in [0.2, 0.25) is 0 Å². The lowest BCUT2D eigenvalue weighted by Crippen LogP contribution is -2.18. The normalized spacial score (nSPS) is 10.4. The molecule has 0 fully saturated rings. The maximum Gasteiger partial charge on any atom is 0.387 e. The Morgan fingerprint density at radius 1 is 0.472 bits per heavy atom. The lowest BCUT2D eigenvalue weighted by atomic mass is 9.94. The quantitative estimate of drug-likeness (QED) is 0.201. The Morgan fingerprint density at radius 2 is 0.833 bits per heavy atom. The van der Waals surface area contributed by atoms with E-state index in [1.165, 1.54) is 12.1 Å². The molecule has 0 aromatic heterocycles. The summed E-state index contributed by atoms with van der Waals surface area (Å²) in [5.74, 6) is -2.73. The van der Waals surface area contributed by atoms with Gasteiger partial charge in [0, 0.05) is 22.3 Å². The van der Waals surface area contributed by atoms with Crippen LogP contribution in [-0.4, -0.2) is 23.5 Å². The van der Waals surface area contributed by atoms with Gasteiger partial charge in [-0.2, -0.15) is 0 Å². The molecule has 6 nitrogen and oxygen atoms in total. The van der Waals surface area contributed by atoms with Crippen molar-refractivity contribution in [1.29, 1.82) is 0 Å². The molecule has 4 rings (SSSR count). The predicted octanol–water partition coefficient (Wildman–Crippen LogP) is 5.69. The molecule has 0 radical (unpaired) electrons. The van der Waals surface area contributed by atoms with Gasteiger partial charge in [-0.05, 0) is 37.1 Å². The Hall–Kier alpha value is -4.84. The Morgan fingerprint density at radius 3 is 1.19 bits per heavy atom. The van der Waals surface area contributed by atoms with Crippen molar-refractivity contribution in [2.24, 2.45) is 0 Å². The number of hydrogen-bond donors (Lipinski definition) is 0. The number of hydrogen-bond acceptors (Lipinski definition) is 6. The summed E-state index contributed by atoms with van der Waals surface area (Å²) in [4.78, 5) is 61.6. The summed E-state index contributed by atoms with van der Waals surface area (Å²) >= 11 is 0. The molecule has 0 aliphatic heterocycles. The van der Waals surface area contributed by atoms with E-state index < -0.39 is 11.9 Å². The average Bonchev–Trinajstić information content (AvgIpc) is 2.91. The van der Waals surface area contributed by atoms with Gasteiger partial charge in [-0.15, -0.1) is 0 Å². The van der Waals surface area contributed by atoms with Crippen LogP contribution in [0.15, 0.2) is 97.1 Å². The third-order valence-corrected chi connectivity index (χ3v) is 5.70. The summed E-state index contributed by atoms with van der Waals surface area (Å²) < 4.78 is 0. The molecule has 0 bridgehead atoms. The number of ketones is 2. The smallest absolute Gasteiger partial charge is 0.289 e. The number of carbonyl (C=O) groups excluding carboxylic acids is 4. The Labute approximate surface area is 208 Å². The van der Waals surface area contributed by atoms with Crippen molar-refractivity contribution >= 4 is 23.5 Å². The number of aryl methyl sites for hydroxylation is 2. The molecule has 0 amide bonds. The summed E-state index contributed by atoms with van der Waals surface area (Å²) in [7, 11) is 0. The van der Waals surface area contributed by atoms with Crippen LogP contribution in [-0.2, 0) is 9.78 Å². The van der Waals surface area contributed by atoms with Gasteiger partial charge >= 0.3 is 11.9 Å². The molecule has 0 aliphatic carbocycles. The van der Waals surface area contributed by atoms with Crippen molar-refractivity contribution < 1.29 is 29.0 Å². The molecule has 4 aromatic rings. The predicted molar refractivity (Wildman–Crippen MR) is 133 cm³/mol. The maximum absolute atomic E-state index is 13.1. The molecule has 36 heavy (non-hydrogen) atoms. The largest absolute Gasteiger partial charge is 0.387 e. The van der Waals surface area contributed by atoms with Crippen LogP contribution in [0.5, 0.6) is 0 Å². The fourth-order valence-electron chi connectivity index (χ4n) is 3.91. The van der Waals surface area contributed by atoms with Gasteiger partial charge in [-0.25, -0.2) is 19.4 Å². The first-order chi connectivity index (χ1) is 17.4. The summed E-state index contributed by atoms with van der Waals surface area (Å²) in [5, 5.41) is 0. The van der Waals surface area contributed by atoms with Gasteiger partial charge in [0.25, 0.3) is 0 Å². The van der Waals surface area contributed by atoms with E-state index in [-0.39, 0.29) is 33.8 Å². The monoisotopic (exact) mass is 478 g/mol. The van der Waals surface area contributed by atoms with E-state index in [2.05, 4.69) is 0 Å². The highest BCUT2D eigenvalue weighted by Crippen LogP contribution is 2.22. The standard InChI is InChI=1S/C30H22O6/c1-19-11-9-17-23(25(19)27(31)21-13-5-3-6-14-21)29(33)35-36-30(34)24-18-10-12-20(2)26(24)28(32)22-15-7-4-8-16-22/h3-18H,1-2H3. The lowest BCUT2D eigenvalue weighted by Gasteiger charge is -2.12. The van der Waals surface area contributed by atoms with Crippen LogP contribution in [0.25, 0.3) is 0 Å². The molecule has 0 saturated carbocycles. The third kappa shape index (κ3) is 4.98. The second-order valence-electron chi connectivity index (χ2n) is 8.13.